The smallest absolute Gasteiger partial charge is 0.239 e. The largest absolute Gasteiger partial charge is 0.371 e. The van der Waals surface area contributed by atoms with E-state index in [2.05, 4.69) is 53.5 Å². The molecular formula is C22H25N3O3S3. The number of nitrogens with one attached hydrogen (secondary N) is 1. The number of amides is 1. The summed E-state index contributed by atoms with van der Waals surface area (Å²) in [6.07, 6.45) is 1.75. The lowest BCUT2D eigenvalue weighted by Gasteiger charge is -2.34. The minimum atomic E-state index is -3.47. The maximum Gasteiger partial charge on any atom is 0.239 e. The number of hydrogen-bond donors (Lipinski definition) is 2. The van der Waals surface area contributed by atoms with Crippen LogP contribution in [0.1, 0.15) is 24.0 Å². The van der Waals surface area contributed by atoms with Crippen LogP contribution in [0.25, 0.3) is 11.1 Å². The first-order valence-corrected chi connectivity index (χ1v) is 13.1. The molecule has 2 aromatic carbocycles. The summed E-state index contributed by atoms with van der Waals surface area (Å²) < 4.78 is 23.8. The van der Waals surface area contributed by atoms with Crippen LogP contribution in [0.5, 0.6) is 0 Å². The summed E-state index contributed by atoms with van der Waals surface area (Å²) in [6, 6.07) is 14.5. The Morgan fingerprint density at radius 2 is 1.84 bits per heavy atom. The van der Waals surface area contributed by atoms with Crippen molar-refractivity contribution in [2.75, 3.05) is 18.0 Å². The topological polar surface area (TPSA) is 92.5 Å². The monoisotopic (exact) mass is 475 g/mol. The van der Waals surface area contributed by atoms with Crippen LogP contribution in [-0.2, 0) is 21.2 Å². The molecule has 0 spiro atoms. The molecule has 4 rings (SSSR count). The molecule has 1 unspecified atom stereocenters. The lowest BCUT2D eigenvalue weighted by molar-refractivity contribution is -0.118. The highest BCUT2D eigenvalue weighted by molar-refractivity contribution is 8.24. The lowest BCUT2D eigenvalue weighted by Crippen LogP contribution is -2.41. The summed E-state index contributed by atoms with van der Waals surface area (Å²) in [5.41, 5.74) is 5.65. The molecule has 6 nitrogen and oxygen atoms in total. The molecule has 3 N–H and O–H groups in total. The van der Waals surface area contributed by atoms with E-state index in [-0.39, 0.29) is 11.2 Å². The SMILES string of the molecule is Cc1c(-c2ccc(CC3SC(=S)NC3=O)cc2)cccc1N1CCC(S(N)(=O)=O)CC1. The molecule has 2 aliphatic rings. The Balaban J connectivity index is 1.49. The number of hydrogen-bond acceptors (Lipinski definition) is 6. The predicted molar refractivity (Wildman–Crippen MR) is 131 cm³/mol. The fourth-order valence-electron chi connectivity index (χ4n) is 4.27. The number of nitrogens with zero attached hydrogens (tertiary/aromatic N) is 1. The molecule has 2 aliphatic heterocycles. The van der Waals surface area contributed by atoms with E-state index in [0.29, 0.717) is 36.7 Å². The van der Waals surface area contributed by atoms with Crippen LogP contribution in [-0.4, -0.2) is 42.2 Å². The fourth-order valence-corrected chi connectivity index (χ4v) is 6.44. The van der Waals surface area contributed by atoms with Gasteiger partial charge in [0.15, 0.2) is 0 Å². The average molecular weight is 476 g/mol. The Hall–Kier alpha value is -1.94. The first kappa shape index (κ1) is 22.3. The number of piperidine rings is 1. The molecule has 0 bridgehead atoms. The van der Waals surface area contributed by atoms with Crippen molar-refractivity contribution in [1.29, 1.82) is 0 Å². The molecule has 2 aromatic rings. The average Bonchev–Trinajstić information content (AvgIpc) is 3.05. The van der Waals surface area contributed by atoms with E-state index in [1.165, 1.54) is 17.3 Å². The summed E-state index contributed by atoms with van der Waals surface area (Å²) in [6.45, 7) is 3.45. The molecular weight excluding hydrogens is 450 g/mol. The zero-order valence-corrected chi connectivity index (χ0v) is 19.7. The molecule has 9 heteroatoms. The van der Waals surface area contributed by atoms with E-state index in [9.17, 15) is 13.2 Å². The maximum absolute atomic E-state index is 11.9. The Morgan fingerprint density at radius 1 is 1.16 bits per heavy atom. The number of thiocarbonyl (C=S) groups is 1. The molecule has 31 heavy (non-hydrogen) atoms. The van der Waals surface area contributed by atoms with Crippen LogP contribution in [0.15, 0.2) is 42.5 Å². The van der Waals surface area contributed by atoms with E-state index in [1.807, 2.05) is 6.07 Å². The summed E-state index contributed by atoms with van der Waals surface area (Å²) in [4.78, 5) is 14.2. The highest BCUT2D eigenvalue weighted by Crippen LogP contribution is 2.33. The zero-order valence-electron chi connectivity index (χ0n) is 17.2. The van der Waals surface area contributed by atoms with Crippen molar-refractivity contribution >= 4 is 49.9 Å². The molecule has 0 radical (unpaired) electrons. The second-order valence-corrected chi connectivity index (χ2v) is 11.7. The summed E-state index contributed by atoms with van der Waals surface area (Å²) in [5, 5.41) is 7.40. The number of nitrogens with two attached hydrogens (primary N) is 1. The molecule has 2 saturated heterocycles. The molecule has 0 saturated carbocycles. The van der Waals surface area contributed by atoms with Gasteiger partial charge in [-0.25, -0.2) is 13.6 Å². The van der Waals surface area contributed by atoms with Gasteiger partial charge in [-0.15, -0.1) is 0 Å². The minimum Gasteiger partial charge on any atom is -0.371 e. The standard InChI is InChI=1S/C22H25N3O3S3/c1-14-18(3-2-4-19(14)25-11-9-17(10-12-25)31(23,27)28)16-7-5-15(6-8-16)13-20-21(26)24-22(29)30-20/h2-8,17,20H,9-13H2,1H3,(H2,23,27,28)(H,24,26,29). The predicted octanol–water partition coefficient (Wildman–Crippen LogP) is 2.98. The Morgan fingerprint density at radius 3 is 2.42 bits per heavy atom. The Bertz CT molecular complexity index is 1110. The van der Waals surface area contributed by atoms with Crippen LogP contribution in [0.4, 0.5) is 5.69 Å². The van der Waals surface area contributed by atoms with Gasteiger partial charge < -0.3 is 10.2 Å². The van der Waals surface area contributed by atoms with Crippen LogP contribution in [0.2, 0.25) is 0 Å². The third-order valence-corrected chi connectivity index (χ3v) is 8.78. The molecule has 2 fully saturated rings. The van der Waals surface area contributed by atoms with Gasteiger partial charge in [-0.3, -0.25) is 4.79 Å². The summed E-state index contributed by atoms with van der Waals surface area (Å²) >= 11 is 6.48. The number of primary sulfonamides is 1. The molecule has 164 valence electrons. The van der Waals surface area contributed by atoms with Crippen molar-refractivity contribution in [3.8, 4) is 11.1 Å². The second kappa shape index (κ2) is 8.90. The van der Waals surface area contributed by atoms with Gasteiger partial charge in [0.05, 0.1) is 10.5 Å². The number of sulfonamides is 1. The van der Waals surface area contributed by atoms with Crippen molar-refractivity contribution in [2.24, 2.45) is 5.14 Å². The number of carbonyl (C=O) groups is 1. The van der Waals surface area contributed by atoms with Crippen LogP contribution >= 0.6 is 24.0 Å². The van der Waals surface area contributed by atoms with Gasteiger partial charge >= 0.3 is 0 Å². The number of carbonyl (C=O) groups excluding carboxylic acids is 1. The van der Waals surface area contributed by atoms with Gasteiger partial charge in [0.25, 0.3) is 0 Å². The Kier molecular flexibility index (Phi) is 6.39. The van der Waals surface area contributed by atoms with Crippen molar-refractivity contribution in [2.45, 2.75) is 36.7 Å². The van der Waals surface area contributed by atoms with Gasteiger partial charge in [-0.1, -0.05) is 60.4 Å². The van der Waals surface area contributed by atoms with E-state index >= 15 is 0 Å². The van der Waals surface area contributed by atoms with Crippen molar-refractivity contribution in [3.63, 3.8) is 0 Å². The number of anilines is 1. The first-order valence-electron chi connectivity index (χ1n) is 10.2. The minimum absolute atomic E-state index is 0.0196. The quantitative estimate of drug-likeness (QED) is 0.646. The van der Waals surface area contributed by atoms with Crippen LogP contribution in [0, 0.1) is 6.92 Å². The van der Waals surface area contributed by atoms with Gasteiger partial charge in [0.2, 0.25) is 15.9 Å². The van der Waals surface area contributed by atoms with E-state index in [4.69, 9.17) is 17.4 Å². The van der Waals surface area contributed by atoms with E-state index in [0.717, 1.165) is 22.4 Å². The van der Waals surface area contributed by atoms with Crippen molar-refractivity contribution in [1.82, 2.24) is 5.32 Å². The second-order valence-electron chi connectivity index (χ2n) is 8.01. The zero-order chi connectivity index (χ0) is 22.2. The van der Waals surface area contributed by atoms with E-state index in [1.54, 1.807) is 0 Å². The first-order chi connectivity index (χ1) is 14.7. The fraction of sp³-hybridized carbons (Fsp3) is 0.364. The van der Waals surface area contributed by atoms with E-state index < -0.39 is 15.3 Å². The third-order valence-electron chi connectivity index (χ3n) is 6.01. The van der Waals surface area contributed by atoms with Gasteiger partial charge in [-0.2, -0.15) is 0 Å². The third kappa shape index (κ3) is 4.95. The summed E-state index contributed by atoms with van der Waals surface area (Å²) in [5.74, 6) is -0.0196. The van der Waals surface area contributed by atoms with Gasteiger partial charge in [0, 0.05) is 18.8 Å². The molecule has 0 aliphatic carbocycles. The van der Waals surface area contributed by atoms with Crippen molar-refractivity contribution < 1.29 is 13.2 Å². The van der Waals surface area contributed by atoms with Gasteiger partial charge in [-0.05, 0) is 54.5 Å². The molecule has 2 heterocycles. The van der Waals surface area contributed by atoms with Gasteiger partial charge in [0.1, 0.15) is 4.32 Å². The van der Waals surface area contributed by atoms with Crippen LogP contribution < -0.4 is 15.4 Å². The molecule has 0 aromatic heterocycles. The highest BCUT2D eigenvalue weighted by atomic mass is 32.2. The number of thioether (sulfide) groups is 1. The number of benzene rings is 2. The maximum atomic E-state index is 11.9. The number of rotatable bonds is 5. The molecule has 1 amide bonds. The lowest BCUT2D eigenvalue weighted by atomic mass is 9.96. The summed E-state index contributed by atoms with van der Waals surface area (Å²) in [7, 11) is -3.47. The normalized spacial score (nSPS) is 20.2. The van der Waals surface area contributed by atoms with Crippen LogP contribution in [0.3, 0.4) is 0 Å². The molecule has 1 atom stereocenters. The Labute approximate surface area is 192 Å². The van der Waals surface area contributed by atoms with Crippen molar-refractivity contribution in [3.05, 3.63) is 53.6 Å². The highest BCUT2D eigenvalue weighted by Gasteiger charge is 2.29.